The number of morpholine rings is 1. The van der Waals surface area contributed by atoms with Crippen LogP contribution in [0.1, 0.15) is 0 Å². The first-order valence-corrected chi connectivity index (χ1v) is 5.25. The molecule has 2 rings (SSSR count). The zero-order valence-electron chi connectivity index (χ0n) is 9.59. The average Bonchev–Trinajstić information content (AvgIpc) is 2.39. The van der Waals surface area contributed by atoms with E-state index in [0.717, 1.165) is 38.1 Å². The highest BCUT2D eigenvalue weighted by atomic mass is 16.7. The molecule has 0 bridgehead atoms. The van der Waals surface area contributed by atoms with Crippen LogP contribution in [0.2, 0.25) is 0 Å². The van der Waals surface area contributed by atoms with E-state index in [1.165, 1.54) is 0 Å². The Kier molecular flexibility index (Phi) is 3.53. The predicted molar refractivity (Wildman–Crippen MR) is 60.5 cm³/mol. The van der Waals surface area contributed by atoms with Gasteiger partial charge in [-0.2, -0.15) is 4.98 Å². The van der Waals surface area contributed by atoms with Gasteiger partial charge in [0.25, 0.3) is 0 Å². The molecule has 0 radical (unpaired) electrons. The Morgan fingerprint density at radius 3 is 2.88 bits per heavy atom. The van der Waals surface area contributed by atoms with Crippen LogP contribution in [-0.2, 0) is 9.57 Å². The average molecular weight is 224 g/mol. The molecular formula is C10H16N4O2. The molecule has 1 aliphatic heterocycles. The van der Waals surface area contributed by atoms with Crippen molar-refractivity contribution >= 4 is 11.8 Å². The summed E-state index contributed by atoms with van der Waals surface area (Å²) in [6.45, 7) is 3.13. The monoisotopic (exact) mass is 224 g/mol. The van der Waals surface area contributed by atoms with Crippen LogP contribution in [0.15, 0.2) is 12.3 Å². The number of hydrogen-bond acceptors (Lipinski definition) is 6. The van der Waals surface area contributed by atoms with Crippen LogP contribution < -0.4 is 9.96 Å². The fraction of sp³-hybridized carbons (Fsp3) is 0.600. The zero-order valence-corrected chi connectivity index (χ0v) is 9.59. The number of nitrogens with zero attached hydrogens (tertiary/aromatic N) is 4. The third-order valence-electron chi connectivity index (χ3n) is 2.52. The molecule has 16 heavy (non-hydrogen) atoms. The van der Waals surface area contributed by atoms with Crippen molar-refractivity contribution in [2.75, 3.05) is 50.4 Å². The van der Waals surface area contributed by atoms with Gasteiger partial charge in [0, 0.05) is 32.4 Å². The van der Waals surface area contributed by atoms with E-state index >= 15 is 0 Å². The molecular weight excluding hydrogens is 208 g/mol. The summed E-state index contributed by atoms with van der Waals surface area (Å²) < 4.78 is 5.29. The maximum absolute atomic E-state index is 5.29. The molecule has 0 aliphatic carbocycles. The number of rotatable bonds is 3. The molecule has 1 aliphatic rings. The smallest absolute Gasteiger partial charge is 0.227 e. The van der Waals surface area contributed by atoms with Gasteiger partial charge in [0.15, 0.2) is 5.82 Å². The highest BCUT2D eigenvalue weighted by Crippen LogP contribution is 2.14. The Morgan fingerprint density at radius 2 is 2.19 bits per heavy atom. The lowest BCUT2D eigenvalue weighted by atomic mass is 10.4. The van der Waals surface area contributed by atoms with Gasteiger partial charge in [0.2, 0.25) is 5.95 Å². The minimum Gasteiger partial charge on any atom is -0.378 e. The van der Waals surface area contributed by atoms with E-state index in [9.17, 15) is 0 Å². The fourth-order valence-corrected chi connectivity index (χ4v) is 1.52. The van der Waals surface area contributed by atoms with Crippen LogP contribution in [0.25, 0.3) is 0 Å². The molecule has 6 nitrogen and oxygen atoms in total. The summed E-state index contributed by atoms with van der Waals surface area (Å²) in [5, 5.41) is 1.60. The molecule has 2 heterocycles. The maximum atomic E-state index is 5.29. The van der Waals surface area contributed by atoms with Crippen molar-refractivity contribution in [2.45, 2.75) is 0 Å². The number of ether oxygens (including phenoxy) is 1. The van der Waals surface area contributed by atoms with Gasteiger partial charge < -0.3 is 9.64 Å². The first-order valence-electron chi connectivity index (χ1n) is 5.25. The van der Waals surface area contributed by atoms with Crippen LogP contribution in [0.4, 0.5) is 11.8 Å². The molecule has 0 unspecified atom stereocenters. The number of hydroxylamine groups is 1. The van der Waals surface area contributed by atoms with Gasteiger partial charge in [0.1, 0.15) is 0 Å². The lowest BCUT2D eigenvalue weighted by Gasteiger charge is -2.27. The zero-order chi connectivity index (χ0) is 11.4. The summed E-state index contributed by atoms with van der Waals surface area (Å²) in [6.07, 6.45) is 1.74. The van der Waals surface area contributed by atoms with Crippen LogP contribution in [0.5, 0.6) is 0 Å². The number of aromatic nitrogens is 2. The third kappa shape index (κ3) is 2.40. The van der Waals surface area contributed by atoms with Crippen molar-refractivity contribution in [3.63, 3.8) is 0 Å². The van der Waals surface area contributed by atoms with Crippen molar-refractivity contribution in [1.82, 2.24) is 9.97 Å². The molecule has 88 valence electrons. The quantitative estimate of drug-likeness (QED) is 0.689. The van der Waals surface area contributed by atoms with E-state index in [1.54, 1.807) is 18.4 Å². The highest BCUT2D eigenvalue weighted by Gasteiger charge is 2.14. The fourth-order valence-electron chi connectivity index (χ4n) is 1.52. The van der Waals surface area contributed by atoms with Gasteiger partial charge in [0.05, 0.1) is 20.3 Å². The van der Waals surface area contributed by atoms with E-state index < -0.39 is 0 Å². The van der Waals surface area contributed by atoms with Gasteiger partial charge in [-0.3, -0.25) is 4.84 Å². The van der Waals surface area contributed by atoms with Gasteiger partial charge >= 0.3 is 0 Å². The molecule has 6 heteroatoms. The first kappa shape index (κ1) is 11.1. The Labute approximate surface area is 94.8 Å². The number of hydrogen-bond donors (Lipinski definition) is 0. The molecule has 1 saturated heterocycles. The topological polar surface area (TPSA) is 50.7 Å². The first-order chi connectivity index (χ1) is 7.81. The van der Waals surface area contributed by atoms with Gasteiger partial charge in [-0.05, 0) is 0 Å². The van der Waals surface area contributed by atoms with Crippen molar-refractivity contribution in [3.05, 3.63) is 12.3 Å². The number of anilines is 2. The summed E-state index contributed by atoms with van der Waals surface area (Å²) in [7, 11) is 3.42. The predicted octanol–water partition coefficient (Wildman–Crippen LogP) is 0.311. The third-order valence-corrected chi connectivity index (χ3v) is 2.52. The minimum atomic E-state index is 0.727. The van der Waals surface area contributed by atoms with E-state index in [2.05, 4.69) is 14.9 Å². The summed E-state index contributed by atoms with van der Waals surface area (Å²) in [6, 6.07) is 1.81. The molecule has 0 aromatic carbocycles. The second-order valence-electron chi connectivity index (χ2n) is 3.49. The largest absolute Gasteiger partial charge is 0.378 e. The molecule has 0 spiro atoms. The SMILES string of the molecule is CON(C)c1ccnc(N2CCOCC2)n1. The van der Waals surface area contributed by atoms with E-state index in [-0.39, 0.29) is 0 Å². The van der Waals surface area contributed by atoms with Crippen LogP contribution >= 0.6 is 0 Å². The van der Waals surface area contributed by atoms with Crippen LogP contribution in [-0.4, -0.2) is 50.4 Å². The van der Waals surface area contributed by atoms with Gasteiger partial charge in [-0.15, -0.1) is 0 Å². The Balaban J connectivity index is 2.14. The van der Waals surface area contributed by atoms with E-state index in [1.807, 2.05) is 13.1 Å². The Morgan fingerprint density at radius 1 is 1.44 bits per heavy atom. The maximum Gasteiger partial charge on any atom is 0.227 e. The Bertz CT molecular complexity index is 341. The van der Waals surface area contributed by atoms with E-state index in [0.29, 0.717) is 0 Å². The molecule has 0 atom stereocenters. The molecule has 1 fully saturated rings. The van der Waals surface area contributed by atoms with Crippen LogP contribution in [0, 0.1) is 0 Å². The Hall–Kier alpha value is -1.40. The van der Waals surface area contributed by atoms with Crippen molar-refractivity contribution in [2.24, 2.45) is 0 Å². The summed E-state index contributed by atoms with van der Waals surface area (Å²) >= 11 is 0. The summed E-state index contributed by atoms with van der Waals surface area (Å²) in [5.74, 6) is 1.48. The molecule has 0 saturated carbocycles. The second-order valence-corrected chi connectivity index (χ2v) is 3.49. The lowest BCUT2D eigenvalue weighted by molar-refractivity contribution is 0.122. The molecule has 1 aromatic heterocycles. The normalized spacial score (nSPS) is 16.2. The highest BCUT2D eigenvalue weighted by molar-refractivity contribution is 5.41. The van der Waals surface area contributed by atoms with Crippen molar-refractivity contribution < 1.29 is 9.57 Å². The van der Waals surface area contributed by atoms with Crippen LogP contribution in [0.3, 0.4) is 0 Å². The van der Waals surface area contributed by atoms with Gasteiger partial charge in [-0.25, -0.2) is 10.0 Å². The van der Waals surface area contributed by atoms with E-state index in [4.69, 9.17) is 9.57 Å². The summed E-state index contributed by atoms with van der Waals surface area (Å²) in [4.78, 5) is 15.9. The standard InChI is InChI=1S/C10H16N4O2/c1-13(15-2)9-3-4-11-10(12-9)14-5-7-16-8-6-14/h3-4H,5-8H2,1-2H3. The lowest BCUT2D eigenvalue weighted by Crippen LogP contribution is -2.37. The second kappa shape index (κ2) is 5.09. The van der Waals surface area contributed by atoms with Crippen molar-refractivity contribution in [1.29, 1.82) is 0 Å². The van der Waals surface area contributed by atoms with Gasteiger partial charge in [-0.1, -0.05) is 0 Å². The molecule has 1 aromatic rings. The summed E-state index contributed by atoms with van der Waals surface area (Å²) in [5.41, 5.74) is 0. The molecule has 0 amide bonds. The van der Waals surface area contributed by atoms with Crippen molar-refractivity contribution in [3.8, 4) is 0 Å². The minimum absolute atomic E-state index is 0.727. The molecule has 0 N–H and O–H groups in total.